The van der Waals surface area contributed by atoms with Gasteiger partial charge in [-0.2, -0.15) is 0 Å². The molecule has 2 heterocycles. The summed E-state index contributed by atoms with van der Waals surface area (Å²) in [5.74, 6) is 0.534. The van der Waals surface area contributed by atoms with Crippen LogP contribution >= 0.6 is 0 Å². The number of amides is 1. The third kappa shape index (κ3) is 3.15. The molecule has 0 aliphatic carbocycles. The van der Waals surface area contributed by atoms with Crippen LogP contribution in [0, 0.1) is 0 Å². The van der Waals surface area contributed by atoms with E-state index in [2.05, 4.69) is 10.3 Å². The number of carbonyl (C=O) groups excluding carboxylic acids is 1. The molecule has 0 spiro atoms. The Balaban J connectivity index is 1.73. The van der Waals surface area contributed by atoms with Crippen molar-refractivity contribution in [2.45, 2.75) is 6.04 Å². The largest absolute Gasteiger partial charge is 0.459 e. The molecule has 0 fully saturated rings. The fourth-order valence-electron chi connectivity index (χ4n) is 2.83. The summed E-state index contributed by atoms with van der Waals surface area (Å²) in [5, 5.41) is 4.08. The number of rotatable bonds is 4. The minimum Gasteiger partial charge on any atom is -0.459 e. The number of para-hydroxylation sites is 1. The van der Waals surface area contributed by atoms with E-state index in [-0.39, 0.29) is 11.9 Å². The quantitative estimate of drug-likeness (QED) is 0.606. The van der Waals surface area contributed by atoms with Crippen LogP contribution in [-0.2, 0) is 0 Å². The molecule has 1 N–H and O–H groups in total. The van der Waals surface area contributed by atoms with Gasteiger partial charge in [-0.25, -0.2) is 0 Å². The van der Waals surface area contributed by atoms with Gasteiger partial charge in [-0.15, -0.1) is 0 Å². The molecule has 4 nitrogen and oxygen atoms in total. The number of benzene rings is 2. The number of nitrogens with zero attached hydrogens (tertiary/aromatic N) is 1. The second-order valence-corrected chi connectivity index (χ2v) is 5.74. The van der Waals surface area contributed by atoms with E-state index in [1.165, 1.54) is 0 Å². The molecule has 0 aliphatic rings. The topological polar surface area (TPSA) is 55.1 Å². The van der Waals surface area contributed by atoms with Gasteiger partial charge < -0.3 is 9.73 Å². The van der Waals surface area contributed by atoms with E-state index in [9.17, 15) is 4.79 Å². The summed E-state index contributed by atoms with van der Waals surface area (Å²) in [4.78, 5) is 16.6. The molecular weight excluding hydrogens is 312 g/mol. The van der Waals surface area contributed by atoms with Gasteiger partial charge in [0.25, 0.3) is 5.91 Å². The maximum atomic E-state index is 12.6. The second-order valence-electron chi connectivity index (χ2n) is 5.74. The lowest BCUT2D eigenvalue weighted by molar-refractivity contribution is 0.0939. The average molecular weight is 328 g/mol. The van der Waals surface area contributed by atoms with Crippen LogP contribution in [0.25, 0.3) is 11.0 Å². The maximum Gasteiger partial charge on any atom is 0.252 e. The smallest absolute Gasteiger partial charge is 0.252 e. The van der Waals surface area contributed by atoms with E-state index in [4.69, 9.17) is 4.42 Å². The first-order valence-corrected chi connectivity index (χ1v) is 8.05. The van der Waals surface area contributed by atoms with Gasteiger partial charge in [0.1, 0.15) is 17.4 Å². The van der Waals surface area contributed by atoms with Gasteiger partial charge in [-0.05, 0) is 29.8 Å². The van der Waals surface area contributed by atoms with Crippen molar-refractivity contribution >= 4 is 16.9 Å². The summed E-state index contributed by atoms with van der Waals surface area (Å²) in [5.41, 5.74) is 2.33. The van der Waals surface area contributed by atoms with E-state index in [1.807, 2.05) is 60.7 Å². The van der Waals surface area contributed by atoms with Crippen LogP contribution in [0.15, 0.2) is 89.6 Å². The summed E-state index contributed by atoms with van der Waals surface area (Å²) in [6, 6.07) is 22.6. The minimum absolute atomic E-state index is 0.170. The van der Waals surface area contributed by atoms with Crippen molar-refractivity contribution in [2.75, 3.05) is 0 Å². The van der Waals surface area contributed by atoms with Gasteiger partial charge in [-0.1, -0.05) is 48.5 Å². The molecule has 1 amide bonds. The highest BCUT2D eigenvalue weighted by Crippen LogP contribution is 2.28. The molecule has 4 aromatic rings. The van der Waals surface area contributed by atoms with E-state index in [0.29, 0.717) is 11.3 Å². The summed E-state index contributed by atoms with van der Waals surface area (Å²) in [6.07, 6.45) is 3.21. The van der Waals surface area contributed by atoms with E-state index >= 15 is 0 Å². The second kappa shape index (κ2) is 6.61. The predicted octanol–water partition coefficient (Wildman–Crippen LogP) is 4.35. The number of pyridine rings is 1. The Hall–Kier alpha value is -3.40. The third-order valence-electron chi connectivity index (χ3n) is 4.08. The number of nitrogens with one attached hydrogen (secondary N) is 1. The van der Waals surface area contributed by atoms with Crippen molar-refractivity contribution in [3.63, 3.8) is 0 Å². The first kappa shape index (κ1) is 15.1. The van der Waals surface area contributed by atoms with Gasteiger partial charge >= 0.3 is 0 Å². The van der Waals surface area contributed by atoms with Crippen LogP contribution in [0.1, 0.15) is 27.7 Å². The van der Waals surface area contributed by atoms with E-state index in [0.717, 1.165) is 16.5 Å². The maximum absolute atomic E-state index is 12.6. The van der Waals surface area contributed by atoms with Crippen LogP contribution in [0.4, 0.5) is 0 Å². The normalized spacial score (nSPS) is 12.0. The summed E-state index contributed by atoms with van der Waals surface area (Å²) >= 11 is 0. The van der Waals surface area contributed by atoms with E-state index in [1.54, 1.807) is 24.5 Å². The molecule has 4 heteroatoms. The average Bonchev–Trinajstić information content (AvgIpc) is 3.11. The molecule has 122 valence electrons. The molecule has 2 aromatic carbocycles. The van der Waals surface area contributed by atoms with E-state index < -0.39 is 0 Å². The molecular formula is C21H16N2O2. The van der Waals surface area contributed by atoms with Crippen molar-refractivity contribution in [2.24, 2.45) is 0 Å². The van der Waals surface area contributed by atoms with Crippen LogP contribution < -0.4 is 5.32 Å². The van der Waals surface area contributed by atoms with Crippen LogP contribution in [-0.4, -0.2) is 10.9 Å². The highest BCUT2D eigenvalue weighted by atomic mass is 16.3. The molecule has 25 heavy (non-hydrogen) atoms. The Morgan fingerprint density at radius 2 is 1.64 bits per heavy atom. The molecule has 4 rings (SSSR count). The predicted molar refractivity (Wildman–Crippen MR) is 96.2 cm³/mol. The molecule has 0 radical (unpaired) electrons. The van der Waals surface area contributed by atoms with Crippen LogP contribution in [0.5, 0.6) is 0 Å². The number of carbonyl (C=O) groups is 1. The Morgan fingerprint density at radius 1 is 0.920 bits per heavy atom. The van der Waals surface area contributed by atoms with Crippen molar-refractivity contribution in [3.8, 4) is 0 Å². The van der Waals surface area contributed by atoms with Crippen LogP contribution in [0.2, 0.25) is 0 Å². The number of hydrogen-bond donors (Lipinski definition) is 1. The summed E-state index contributed by atoms with van der Waals surface area (Å²) in [7, 11) is 0. The fourth-order valence-corrected chi connectivity index (χ4v) is 2.83. The molecule has 0 saturated carbocycles. The van der Waals surface area contributed by atoms with Crippen molar-refractivity contribution in [3.05, 3.63) is 102 Å². The minimum atomic E-state index is -0.366. The highest BCUT2D eigenvalue weighted by Gasteiger charge is 2.21. The molecule has 0 bridgehead atoms. The lowest BCUT2D eigenvalue weighted by Gasteiger charge is -2.17. The van der Waals surface area contributed by atoms with Crippen molar-refractivity contribution in [1.29, 1.82) is 0 Å². The molecule has 0 saturated heterocycles. The Kier molecular flexibility index (Phi) is 4.01. The fraction of sp³-hybridized carbons (Fsp3) is 0.0476. The standard InChI is InChI=1S/C21H16N2O2/c24-21(16-10-12-22-13-11-16)23-20(15-6-2-1-3-7-15)19-14-17-8-4-5-9-18(17)25-19/h1-14,20H,(H,23,24). The first-order valence-electron chi connectivity index (χ1n) is 8.05. The first-order chi connectivity index (χ1) is 12.3. The SMILES string of the molecule is O=C(NC(c1ccccc1)c1cc2ccccc2o1)c1ccncc1. The summed E-state index contributed by atoms with van der Waals surface area (Å²) in [6.45, 7) is 0. The molecule has 1 atom stereocenters. The summed E-state index contributed by atoms with van der Waals surface area (Å²) < 4.78 is 5.99. The monoisotopic (exact) mass is 328 g/mol. The number of hydrogen-bond acceptors (Lipinski definition) is 3. The zero-order valence-corrected chi connectivity index (χ0v) is 13.4. The Morgan fingerprint density at radius 3 is 2.40 bits per heavy atom. The van der Waals surface area contributed by atoms with Crippen molar-refractivity contribution in [1.82, 2.24) is 10.3 Å². The highest BCUT2D eigenvalue weighted by molar-refractivity contribution is 5.94. The molecule has 0 aliphatic heterocycles. The van der Waals surface area contributed by atoms with Gasteiger partial charge in [0.05, 0.1) is 0 Å². The van der Waals surface area contributed by atoms with Crippen LogP contribution in [0.3, 0.4) is 0 Å². The number of fused-ring (bicyclic) bond motifs is 1. The Bertz CT molecular complexity index is 961. The lowest BCUT2D eigenvalue weighted by Crippen LogP contribution is -2.29. The molecule has 1 unspecified atom stereocenters. The Labute approximate surface area is 145 Å². The van der Waals surface area contributed by atoms with Gasteiger partial charge in [-0.3, -0.25) is 9.78 Å². The molecule has 2 aromatic heterocycles. The zero-order valence-electron chi connectivity index (χ0n) is 13.4. The zero-order chi connectivity index (χ0) is 17.1. The number of aromatic nitrogens is 1. The van der Waals surface area contributed by atoms with Gasteiger partial charge in [0.15, 0.2) is 0 Å². The third-order valence-corrected chi connectivity index (χ3v) is 4.08. The van der Waals surface area contributed by atoms with Gasteiger partial charge in [0.2, 0.25) is 0 Å². The van der Waals surface area contributed by atoms with Gasteiger partial charge in [0, 0.05) is 23.3 Å². The lowest BCUT2D eigenvalue weighted by atomic mass is 10.0. The van der Waals surface area contributed by atoms with Crippen molar-refractivity contribution < 1.29 is 9.21 Å². The number of furan rings is 1.